The van der Waals surface area contributed by atoms with Gasteiger partial charge in [0.2, 0.25) is 0 Å². The molecule has 0 fully saturated rings. The van der Waals surface area contributed by atoms with E-state index in [1.807, 2.05) is 0 Å². The van der Waals surface area contributed by atoms with E-state index in [4.69, 9.17) is 0 Å². The SMILES string of the molecule is Cc1ccccc1C(C)C(C)NC(C)C. The summed E-state index contributed by atoms with van der Waals surface area (Å²) in [6.07, 6.45) is 0. The summed E-state index contributed by atoms with van der Waals surface area (Å²) in [5, 5.41) is 3.57. The highest BCUT2D eigenvalue weighted by Gasteiger charge is 2.15. The van der Waals surface area contributed by atoms with Crippen molar-refractivity contribution in [2.24, 2.45) is 0 Å². The lowest BCUT2D eigenvalue weighted by Gasteiger charge is -2.25. The Bertz CT molecular complexity index is 304. The fraction of sp³-hybridized carbons (Fsp3) is 0.571. The van der Waals surface area contributed by atoms with Crippen LogP contribution in [0.25, 0.3) is 0 Å². The van der Waals surface area contributed by atoms with Crippen molar-refractivity contribution in [3.8, 4) is 0 Å². The highest BCUT2D eigenvalue weighted by molar-refractivity contribution is 5.29. The molecule has 1 aromatic carbocycles. The van der Waals surface area contributed by atoms with Gasteiger partial charge in [-0.1, -0.05) is 45.0 Å². The maximum atomic E-state index is 3.57. The fourth-order valence-electron chi connectivity index (χ4n) is 2.04. The largest absolute Gasteiger partial charge is 0.311 e. The summed E-state index contributed by atoms with van der Waals surface area (Å²) >= 11 is 0. The van der Waals surface area contributed by atoms with Gasteiger partial charge in [0.25, 0.3) is 0 Å². The Hall–Kier alpha value is -0.820. The molecule has 2 unspecified atom stereocenters. The minimum Gasteiger partial charge on any atom is -0.311 e. The lowest BCUT2D eigenvalue weighted by atomic mass is 9.91. The molecule has 0 aliphatic carbocycles. The van der Waals surface area contributed by atoms with Crippen molar-refractivity contribution in [3.05, 3.63) is 35.4 Å². The van der Waals surface area contributed by atoms with Crippen LogP contribution in [0.15, 0.2) is 24.3 Å². The zero-order valence-electron chi connectivity index (χ0n) is 10.5. The molecule has 0 amide bonds. The molecule has 0 heterocycles. The summed E-state index contributed by atoms with van der Waals surface area (Å²) in [6.45, 7) is 11.1. The first kappa shape index (κ1) is 12.3. The number of hydrogen-bond acceptors (Lipinski definition) is 1. The second-order valence-corrected chi connectivity index (χ2v) is 4.76. The Morgan fingerprint density at radius 3 is 2.13 bits per heavy atom. The maximum Gasteiger partial charge on any atom is 0.0107 e. The van der Waals surface area contributed by atoms with Crippen LogP contribution in [0.2, 0.25) is 0 Å². The van der Waals surface area contributed by atoms with Gasteiger partial charge in [-0.05, 0) is 30.9 Å². The monoisotopic (exact) mass is 205 g/mol. The van der Waals surface area contributed by atoms with Crippen molar-refractivity contribution in [1.29, 1.82) is 0 Å². The molecular formula is C14H23N. The molecule has 0 saturated carbocycles. The molecule has 84 valence electrons. The first-order valence-corrected chi connectivity index (χ1v) is 5.84. The second kappa shape index (κ2) is 5.32. The molecule has 0 saturated heterocycles. The van der Waals surface area contributed by atoms with Crippen molar-refractivity contribution < 1.29 is 0 Å². The lowest BCUT2D eigenvalue weighted by Crippen LogP contribution is -2.36. The lowest BCUT2D eigenvalue weighted by molar-refractivity contribution is 0.439. The topological polar surface area (TPSA) is 12.0 Å². The molecule has 1 rings (SSSR count). The number of hydrogen-bond donors (Lipinski definition) is 1. The van der Waals surface area contributed by atoms with E-state index < -0.39 is 0 Å². The highest BCUT2D eigenvalue weighted by atomic mass is 14.9. The van der Waals surface area contributed by atoms with Gasteiger partial charge in [-0.3, -0.25) is 0 Å². The molecule has 1 aromatic rings. The van der Waals surface area contributed by atoms with Gasteiger partial charge in [0.1, 0.15) is 0 Å². The van der Waals surface area contributed by atoms with Crippen LogP contribution in [0.3, 0.4) is 0 Å². The van der Waals surface area contributed by atoms with E-state index in [2.05, 4.69) is 64.2 Å². The van der Waals surface area contributed by atoms with Gasteiger partial charge in [0, 0.05) is 12.1 Å². The van der Waals surface area contributed by atoms with Crippen LogP contribution in [0.1, 0.15) is 44.7 Å². The first-order valence-electron chi connectivity index (χ1n) is 5.84. The molecule has 0 aliphatic rings. The van der Waals surface area contributed by atoms with E-state index in [1.165, 1.54) is 11.1 Å². The zero-order chi connectivity index (χ0) is 11.4. The smallest absolute Gasteiger partial charge is 0.0107 e. The average Bonchev–Trinajstić information content (AvgIpc) is 2.16. The summed E-state index contributed by atoms with van der Waals surface area (Å²) in [7, 11) is 0. The average molecular weight is 205 g/mol. The van der Waals surface area contributed by atoms with Crippen LogP contribution in [-0.4, -0.2) is 12.1 Å². The van der Waals surface area contributed by atoms with Crippen molar-refractivity contribution in [3.63, 3.8) is 0 Å². The third-order valence-corrected chi connectivity index (χ3v) is 3.03. The zero-order valence-corrected chi connectivity index (χ0v) is 10.5. The molecule has 0 aliphatic heterocycles. The van der Waals surface area contributed by atoms with Crippen LogP contribution in [0, 0.1) is 6.92 Å². The van der Waals surface area contributed by atoms with Crippen molar-refractivity contribution in [1.82, 2.24) is 5.32 Å². The normalized spacial score (nSPS) is 15.3. The van der Waals surface area contributed by atoms with Crippen LogP contribution in [0.4, 0.5) is 0 Å². The van der Waals surface area contributed by atoms with Gasteiger partial charge in [0.05, 0.1) is 0 Å². The third kappa shape index (κ3) is 3.35. The molecular weight excluding hydrogens is 182 g/mol. The van der Waals surface area contributed by atoms with Crippen molar-refractivity contribution >= 4 is 0 Å². The summed E-state index contributed by atoms with van der Waals surface area (Å²) in [6, 6.07) is 9.72. The Labute approximate surface area is 93.9 Å². The van der Waals surface area contributed by atoms with E-state index in [0.717, 1.165) is 0 Å². The number of nitrogens with one attached hydrogen (secondary N) is 1. The predicted molar refractivity (Wildman–Crippen MR) is 67.3 cm³/mol. The Kier molecular flexibility index (Phi) is 4.34. The van der Waals surface area contributed by atoms with Crippen LogP contribution in [0.5, 0.6) is 0 Å². The van der Waals surface area contributed by atoms with E-state index >= 15 is 0 Å². The van der Waals surface area contributed by atoms with Gasteiger partial charge in [-0.15, -0.1) is 0 Å². The summed E-state index contributed by atoms with van der Waals surface area (Å²) < 4.78 is 0. The quantitative estimate of drug-likeness (QED) is 0.793. The maximum absolute atomic E-state index is 3.57. The second-order valence-electron chi connectivity index (χ2n) is 4.76. The number of benzene rings is 1. The van der Waals surface area contributed by atoms with E-state index in [9.17, 15) is 0 Å². The van der Waals surface area contributed by atoms with Crippen LogP contribution < -0.4 is 5.32 Å². The van der Waals surface area contributed by atoms with Gasteiger partial charge < -0.3 is 5.32 Å². The van der Waals surface area contributed by atoms with Gasteiger partial charge in [-0.25, -0.2) is 0 Å². The standard InChI is InChI=1S/C14H23N/c1-10(2)15-13(5)12(4)14-9-7-6-8-11(14)3/h6-10,12-13,15H,1-5H3. The first-order chi connectivity index (χ1) is 7.02. The van der Waals surface area contributed by atoms with E-state index in [1.54, 1.807) is 0 Å². The Morgan fingerprint density at radius 2 is 1.60 bits per heavy atom. The molecule has 0 spiro atoms. The number of aryl methyl sites for hydroxylation is 1. The molecule has 1 N–H and O–H groups in total. The summed E-state index contributed by atoms with van der Waals surface area (Å²) in [5.74, 6) is 0.564. The minimum absolute atomic E-state index is 0.520. The minimum atomic E-state index is 0.520. The highest BCUT2D eigenvalue weighted by Crippen LogP contribution is 2.22. The predicted octanol–water partition coefficient (Wildman–Crippen LogP) is 3.49. The number of rotatable bonds is 4. The molecule has 2 atom stereocenters. The molecule has 1 nitrogen and oxygen atoms in total. The Balaban J connectivity index is 2.76. The van der Waals surface area contributed by atoms with Gasteiger partial charge in [0.15, 0.2) is 0 Å². The summed E-state index contributed by atoms with van der Waals surface area (Å²) in [4.78, 5) is 0. The van der Waals surface area contributed by atoms with Crippen LogP contribution in [-0.2, 0) is 0 Å². The molecule has 0 aromatic heterocycles. The molecule has 0 bridgehead atoms. The van der Waals surface area contributed by atoms with Gasteiger partial charge in [-0.2, -0.15) is 0 Å². The van der Waals surface area contributed by atoms with E-state index in [-0.39, 0.29) is 0 Å². The fourth-order valence-corrected chi connectivity index (χ4v) is 2.04. The van der Waals surface area contributed by atoms with Gasteiger partial charge >= 0.3 is 0 Å². The Morgan fingerprint density at radius 1 is 1.00 bits per heavy atom. The molecule has 15 heavy (non-hydrogen) atoms. The molecule has 1 heteroatoms. The summed E-state index contributed by atoms with van der Waals surface area (Å²) in [5.41, 5.74) is 2.85. The van der Waals surface area contributed by atoms with Crippen molar-refractivity contribution in [2.45, 2.75) is 52.6 Å². The van der Waals surface area contributed by atoms with Crippen molar-refractivity contribution in [2.75, 3.05) is 0 Å². The third-order valence-electron chi connectivity index (χ3n) is 3.03. The van der Waals surface area contributed by atoms with Crippen LogP contribution >= 0.6 is 0 Å². The molecule has 0 radical (unpaired) electrons. The van der Waals surface area contributed by atoms with E-state index in [0.29, 0.717) is 18.0 Å².